The average Bonchev–Trinajstić information content (AvgIpc) is 3.03. The van der Waals surface area contributed by atoms with Crippen molar-refractivity contribution in [1.82, 2.24) is 0 Å². The quantitative estimate of drug-likeness (QED) is 0.459. The molecule has 1 aliphatic rings. The molecule has 0 saturated heterocycles. The highest BCUT2D eigenvalue weighted by Gasteiger charge is 2.25. The average molecular weight is 367 g/mol. The molecule has 0 atom stereocenters. The maximum absolute atomic E-state index is 12.1. The lowest BCUT2D eigenvalue weighted by atomic mass is 10.2. The largest absolute Gasteiger partial charge is 0.497 e. The number of hydrogen-bond donors (Lipinski definition) is 0. The molecule has 138 valence electrons. The number of carbonyl (C=O) groups excluding carboxylic acids is 2. The van der Waals surface area contributed by atoms with E-state index in [1.54, 1.807) is 48.5 Å². The van der Waals surface area contributed by atoms with Crippen LogP contribution in [-0.4, -0.2) is 32.1 Å². The van der Waals surface area contributed by atoms with E-state index >= 15 is 0 Å². The van der Waals surface area contributed by atoms with Crippen LogP contribution in [0, 0.1) is 0 Å². The highest BCUT2D eigenvalue weighted by atomic mass is 16.6. The first-order valence-corrected chi connectivity index (χ1v) is 8.03. The lowest BCUT2D eigenvalue weighted by Crippen LogP contribution is -2.06. The molecule has 2 aromatic carbocycles. The van der Waals surface area contributed by atoms with Crippen molar-refractivity contribution in [3.05, 3.63) is 59.3 Å². The lowest BCUT2D eigenvalue weighted by Gasteiger charge is -2.07. The van der Waals surface area contributed by atoms with Crippen LogP contribution in [0.1, 0.15) is 18.1 Å². The SMILES string of the molecule is COc1cc(OC)cc(C2=N/C(=C\c3ccc(OC(C)=O)cc3)C(=O)O2)c1. The third-order valence-electron chi connectivity index (χ3n) is 3.66. The van der Waals surface area contributed by atoms with Gasteiger partial charge in [-0.15, -0.1) is 0 Å². The highest BCUT2D eigenvalue weighted by molar-refractivity contribution is 6.13. The zero-order chi connectivity index (χ0) is 19.4. The Morgan fingerprint density at radius 1 is 1.00 bits per heavy atom. The summed E-state index contributed by atoms with van der Waals surface area (Å²) in [6, 6.07) is 11.8. The Kier molecular flexibility index (Phi) is 5.21. The molecule has 2 aromatic rings. The van der Waals surface area contributed by atoms with Gasteiger partial charge in [-0.3, -0.25) is 4.79 Å². The Bertz CT molecular complexity index is 921. The summed E-state index contributed by atoms with van der Waals surface area (Å²) in [6.45, 7) is 1.33. The molecular formula is C20H17NO6. The molecule has 0 radical (unpaired) electrons. The first-order valence-electron chi connectivity index (χ1n) is 8.03. The molecule has 1 aliphatic heterocycles. The van der Waals surface area contributed by atoms with Crippen LogP contribution in [0.4, 0.5) is 0 Å². The predicted octanol–water partition coefficient (Wildman–Crippen LogP) is 2.97. The summed E-state index contributed by atoms with van der Waals surface area (Å²) in [5.74, 6) is 0.744. The standard InChI is InChI=1S/C20H17NO6/c1-12(22)26-15-6-4-13(5-7-15)8-18-20(23)27-19(21-18)14-9-16(24-2)11-17(10-14)25-3/h4-11H,1-3H3/b18-8-. The summed E-state index contributed by atoms with van der Waals surface area (Å²) < 4.78 is 20.7. The van der Waals surface area contributed by atoms with Crippen LogP contribution in [0.3, 0.4) is 0 Å². The summed E-state index contributed by atoms with van der Waals surface area (Å²) in [4.78, 5) is 27.4. The molecule has 0 spiro atoms. The van der Waals surface area contributed by atoms with Crippen LogP contribution >= 0.6 is 0 Å². The third kappa shape index (κ3) is 4.33. The van der Waals surface area contributed by atoms with Crippen molar-refractivity contribution >= 4 is 23.9 Å². The van der Waals surface area contributed by atoms with Crippen LogP contribution in [0.5, 0.6) is 17.2 Å². The van der Waals surface area contributed by atoms with E-state index in [4.69, 9.17) is 18.9 Å². The first-order chi connectivity index (χ1) is 13.0. The number of ether oxygens (including phenoxy) is 4. The van der Waals surface area contributed by atoms with Gasteiger partial charge in [-0.05, 0) is 35.9 Å². The minimum atomic E-state index is -0.559. The maximum atomic E-state index is 12.1. The topological polar surface area (TPSA) is 83.4 Å². The molecule has 0 aliphatic carbocycles. The van der Waals surface area contributed by atoms with Crippen LogP contribution in [0.2, 0.25) is 0 Å². The minimum Gasteiger partial charge on any atom is -0.497 e. The molecule has 0 N–H and O–H groups in total. The van der Waals surface area contributed by atoms with E-state index < -0.39 is 11.9 Å². The second-order valence-corrected chi connectivity index (χ2v) is 5.60. The van der Waals surface area contributed by atoms with Gasteiger partial charge in [-0.1, -0.05) is 12.1 Å². The Morgan fingerprint density at radius 3 is 2.19 bits per heavy atom. The van der Waals surface area contributed by atoms with Crippen molar-refractivity contribution in [3.63, 3.8) is 0 Å². The number of aliphatic imine (C=N–C) groups is 1. The Labute approximate surface area is 155 Å². The zero-order valence-corrected chi connectivity index (χ0v) is 15.0. The summed E-state index contributed by atoms with van der Waals surface area (Å²) in [5, 5.41) is 0. The smallest absolute Gasteiger partial charge is 0.363 e. The molecule has 0 unspecified atom stereocenters. The number of rotatable bonds is 5. The van der Waals surface area contributed by atoms with E-state index in [1.165, 1.54) is 21.1 Å². The van der Waals surface area contributed by atoms with E-state index in [1.807, 2.05) is 0 Å². The molecular weight excluding hydrogens is 350 g/mol. The first kappa shape index (κ1) is 18.2. The van der Waals surface area contributed by atoms with Crippen LogP contribution in [0.15, 0.2) is 53.2 Å². The fourth-order valence-corrected chi connectivity index (χ4v) is 2.42. The van der Waals surface area contributed by atoms with Gasteiger partial charge in [-0.2, -0.15) is 0 Å². The molecule has 0 aromatic heterocycles. The fraction of sp³-hybridized carbons (Fsp3) is 0.150. The van der Waals surface area contributed by atoms with Gasteiger partial charge >= 0.3 is 11.9 Å². The number of cyclic esters (lactones) is 1. The normalized spacial score (nSPS) is 14.6. The van der Waals surface area contributed by atoms with Gasteiger partial charge < -0.3 is 18.9 Å². The van der Waals surface area contributed by atoms with Gasteiger partial charge in [0.2, 0.25) is 5.90 Å². The molecule has 0 saturated carbocycles. The van der Waals surface area contributed by atoms with Crippen LogP contribution < -0.4 is 14.2 Å². The van der Waals surface area contributed by atoms with Crippen LogP contribution in [-0.2, 0) is 14.3 Å². The minimum absolute atomic E-state index is 0.159. The molecule has 3 rings (SSSR count). The van der Waals surface area contributed by atoms with Gasteiger partial charge in [0, 0.05) is 18.6 Å². The van der Waals surface area contributed by atoms with E-state index in [-0.39, 0.29) is 11.6 Å². The Balaban J connectivity index is 1.88. The second-order valence-electron chi connectivity index (χ2n) is 5.60. The molecule has 7 nitrogen and oxygen atoms in total. The summed E-state index contributed by atoms with van der Waals surface area (Å²) in [5.41, 5.74) is 1.44. The zero-order valence-electron chi connectivity index (χ0n) is 15.0. The number of methoxy groups -OCH3 is 2. The van der Waals surface area contributed by atoms with E-state index in [0.717, 1.165) is 0 Å². The van der Waals surface area contributed by atoms with Gasteiger partial charge in [0.05, 0.1) is 14.2 Å². The van der Waals surface area contributed by atoms with Crippen LogP contribution in [0.25, 0.3) is 6.08 Å². The van der Waals surface area contributed by atoms with Gasteiger partial charge in [-0.25, -0.2) is 9.79 Å². The van der Waals surface area contributed by atoms with Crippen molar-refractivity contribution in [3.8, 4) is 17.2 Å². The number of esters is 2. The van der Waals surface area contributed by atoms with Crippen molar-refractivity contribution in [2.45, 2.75) is 6.92 Å². The molecule has 0 amide bonds. The van der Waals surface area contributed by atoms with Crippen molar-refractivity contribution in [1.29, 1.82) is 0 Å². The molecule has 0 fully saturated rings. The molecule has 1 heterocycles. The highest BCUT2D eigenvalue weighted by Crippen LogP contribution is 2.26. The number of hydrogen-bond acceptors (Lipinski definition) is 7. The maximum Gasteiger partial charge on any atom is 0.363 e. The summed E-state index contributed by atoms with van der Waals surface area (Å²) in [7, 11) is 3.07. The van der Waals surface area contributed by atoms with E-state index in [0.29, 0.717) is 28.4 Å². The third-order valence-corrected chi connectivity index (χ3v) is 3.66. The summed E-state index contributed by atoms with van der Waals surface area (Å²) in [6.07, 6.45) is 1.59. The predicted molar refractivity (Wildman–Crippen MR) is 97.9 cm³/mol. The van der Waals surface area contributed by atoms with Crippen molar-refractivity contribution < 1.29 is 28.5 Å². The Morgan fingerprint density at radius 2 is 1.63 bits per heavy atom. The van der Waals surface area contributed by atoms with Gasteiger partial charge in [0.1, 0.15) is 17.2 Å². The molecule has 7 heteroatoms. The molecule has 0 bridgehead atoms. The van der Waals surface area contributed by atoms with Crippen molar-refractivity contribution in [2.24, 2.45) is 4.99 Å². The van der Waals surface area contributed by atoms with Gasteiger partial charge in [0.25, 0.3) is 0 Å². The number of nitrogens with zero attached hydrogens (tertiary/aromatic N) is 1. The Hall–Kier alpha value is -3.61. The number of benzene rings is 2. The fourth-order valence-electron chi connectivity index (χ4n) is 2.42. The molecule has 27 heavy (non-hydrogen) atoms. The van der Waals surface area contributed by atoms with Crippen molar-refractivity contribution in [2.75, 3.05) is 14.2 Å². The monoisotopic (exact) mass is 367 g/mol. The van der Waals surface area contributed by atoms with Gasteiger partial charge in [0.15, 0.2) is 5.70 Å². The van der Waals surface area contributed by atoms with E-state index in [9.17, 15) is 9.59 Å². The summed E-state index contributed by atoms with van der Waals surface area (Å²) >= 11 is 0. The lowest BCUT2D eigenvalue weighted by molar-refractivity contribution is -0.132. The second kappa shape index (κ2) is 7.74. The number of carbonyl (C=O) groups is 2. The van der Waals surface area contributed by atoms with E-state index in [2.05, 4.69) is 4.99 Å².